The zero-order chi connectivity index (χ0) is 29.9. The first-order valence-electron chi connectivity index (χ1n) is 13.3. The van der Waals surface area contributed by atoms with Crippen LogP contribution in [0.15, 0.2) is 99.2 Å². The monoisotopic (exact) mass is 579 g/mol. The van der Waals surface area contributed by atoms with E-state index in [1.165, 1.54) is 37.2 Å². The van der Waals surface area contributed by atoms with Gasteiger partial charge in [-0.2, -0.15) is 9.78 Å². The Kier molecular flexibility index (Phi) is 7.48. The first kappa shape index (κ1) is 27.5. The number of hydrogen-bond acceptors (Lipinski definition) is 8. The minimum absolute atomic E-state index is 0.0989. The van der Waals surface area contributed by atoms with Crippen molar-refractivity contribution >= 4 is 28.1 Å². The number of aromatic nitrogens is 2. The lowest BCUT2D eigenvalue weighted by Crippen LogP contribution is -2.20. The highest BCUT2D eigenvalue weighted by molar-refractivity contribution is 5.89. The zero-order valence-corrected chi connectivity index (χ0v) is 23.5. The van der Waals surface area contributed by atoms with E-state index < -0.39 is 0 Å². The predicted octanol–water partition coefficient (Wildman–Crippen LogP) is 6.44. The van der Waals surface area contributed by atoms with E-state index in [9.17, 15) is 9.18 Å². The second kappa shape index (κ2) is 11.7. The van der Waals surface area contributed by atoms with Crippen LogP contribution in [0.4, 0.5) is 4.39 Å². The van der Waals surface area contributed by atoms with Crippen LogP contribution in [0, 0.1) is 5.82 Å². The normalized spacial score (nSPS) is 11.3. The quantitative estimate of drug-likeness (QED) is 0.182. The van der Waals surface area contributed by atoms with Crippen molar-refractivity contribution in [2.24, 2.45) is 5.10 Å². The molecule has 0 atom stereocenters. The molecule has 0 N–H and O–H groups in total. The number of hydrogen-bond donors (Lipinski definition) is 0. The van der Waals surface area contributed by atoms with E-state index in [-0.39, 0.29) is 23.8 Å². The topological polar surface area (TPSA) is 97.3 Å². The van der Waals surface area contributed by atoms with Crippen LogP contribution in [0.1, 0.15) is 11.1 Å². The van der Waals surface area contributed by atoms with Gasteiger partial charge in [0, 0.05) is 5.56 Å². The van der Waals surface area contributed by atoms with Gasteiger partial charge in [-0.1, -0.05) is 30.3 Å². The maximum absolute atomic E-state index is 13.7. The predicted molar refractivity (Wildman–Crippen MR) is 161 cm³/mol. The van der Waals surface area contributed by atoms with Gasteiger partial charge in [-0.05, 0) is 60.2 Å². The van der Waals surface area contributed by atoms with Crippen molar-refractivity contribution in [3.8, 4) is 34.6 Å². The molecule has 216 valence electrons. The largest absolute Gasteiger partial charge is 0.496 e. The van der Waals surface area contributed by atoms with Crippen molar-refractivity contribution in [2.45, 2.75) is 6.61 Å². The van der Waals surface area contributed by atoms with Gasteiger partial charge in [0.1, 0.15) is 23.8 Å². The molecule has 2 heterocycles. The van der Waals surface area contributed by atoms with E-state index in [0.29, 0.717) is 56.4 Å². The lowest BCUT2D eigenvalue weighted by atomic mass is 10.2. The van der Waals surface area contributed by atoms with Crippen LogP contribution in [-0.2, 0) is 6.61 Å². The van der Waals surface area contributed by atoms with Crippen LogP contribution < -0.4 is 24.5 Å². The second-order valence-electron chi connectivity index (χ2n) is 9.47. The van der Waals surface area contributed by atoms with Crippen molar-refractivity contribution in [2.75, 3.05) is 21.3 Å². The summed E-state index contributed by atoms with van der Waals surface area (Å²) in [6.07, 6.45) is 1.49. The molecule has 0 aliphatic carbocycles. The Morgan fingerprint density at radius 2 is 1.60 bits per heavy atom. The van der Waals surface area contributed by atoms with Gasteiger partial charge in [-0.25, -0.2) is 9.37 Å². The van der Waals surface area contributed by atoms with E-state index in [2.05, 4.69) is 5.10 Å². The minimum atomic E-state index is -0.377. The second-order valence-corrected chi connectivity index (χ2v) is 9.47. The molecule has 43 heavy (non-hydrogen) atoms. The number of halogens is 1. The summed E-state index contributed by atoms with van der Waals surface area (Å²) >= 11 is 0. The molecule has 10 heteroatoms. The maximum Gasteiger partial charge on any atom is 0.282 e. The van der Waals surface area contributed by atoms with Crippen LogP contribution >= 0.6 is 0 Å². The Bertz CT molecular complexity index is 2020. The molecule has 0 aliphatic rings. The summed E-state index contributed by atoms with van der Waals surface area (Å²) in [7, 11) is 4.57. The molecule has 0 radical (unpaired) electrons. The number of furan rings is 1. The van der Waals surface area contributed by atoms with Gasteiger partial charge in [-0.15, -0.1) is 0 Å². The summed E-state index contributed by atoms with van der Waals surface area (Å²) in [5.41, 5.74) is 1.91. The first-order valence-corrected chi connectivity index (χ1v) is 13.3. The summed E-state index contributed by atoms with van der Waals surface area (Å²) in [6.45, 7) is 0.0989. The van der Waals surface area contributed by atoms with Gasteiger partial charge < -0.3 is 23.4 Å². The van der Waals surface area contributed by atoms with Crippen LogP contribution in [0.2, 0.25) is 0 Å². The van der Waals surface area contributed by atoms with E-state index in [1.54, 1.807) is 55.6 Å². The third-order valence-corrected chi connectivity index (χ3v) is 6.79. The van der Waals surface area contributed by atoms with E-state index in [4.69, 9.17) is 28.3 Å². The van der Waals surface area contributed by atoms with Gasteiger partial charge >= 0.3 is 0 Å². The summed E-state index contributed by atoms with van der Waals surface area (Å²) in [4.78, 5) is 18.4. The number of nitrogens with zero attached hydrogens (tertiary/aromatic N) is 3. The molecule has 6 rings (SSSR count). The average molecular weight is 580 g/mol. The summed E-state index contributed by atoms with van der Waals surface area (Å²) < 4.78 is 43.5. The van der Waals surface area contributed by atoms with Crippen molar-refractivity contribution < 1.29 is 27.8 Å². The molecule has 0 unspecified atom stereocenters. The molecule has 0 saturated heterocycles. The fourth-order valence-electron chi connectivity index (χ4n) is 4.74. The number of para-hydroxylation sites is 1. The van der Waals surface area contributed by atoms with Crippen molar-refractivity contribution in [1.29, 1.82) is 0 Å². The van der Waals surface area contributed by atoms with Crippen LogP contribution in [-0.4, -0.2) is 37.2 Å². The number of rotatable bonds is 9. The van der Waals surface area contributed by atoms with Crippen molar-refractivity contribution in [3.63, 3.8) is 0 Å². The highest BCUT2D eigenvalue weighted by Crippen LogP contribution is 2.39. The lowest BCUT2D eigenvalue weighted by molar-refractivity contribution is 0.265. The van der Waals surface area contributed by atoms with Crippen LogP contribution in [0.3, 0.4) is 0 Å². The van der Waals surface area contributed by atoms with E-state index in [0.717, 1.165) is 5.39 Å². The molecular weight excluding hydrogens is 553 g/mol. The van der Waals surface area contributed by atoms with E-state index in [1.807, 2.05) is 24.3 Å². The summed E-state index contributed by atoms with van der Waals surface area (Å²) in [5.74, 6) is 1.91. The van der Waals surface area contributed by atoms with Gasteiger partial charge in [0.2, 0.25) is 11.6 Å². The molecule has 0 spiro atoms. The Morgan fingerprint density at radius 1 is 0.860 bits per heavy atom. The zero-order valence-electron chi connectivity index (χ0n) is 23.5. The average Bonchev–Trinajstić information content (AvgIpc) is 3.47. The molecule has 2 aromatic heterocycles. The number of methoxy groups -OCH3 is 3. The smallest absolute Gasteiger partial charge is 0.282 e. The molecule has 6 aromatic rings. The number of fused-ring (bicyclic) bond motifs is 2. The number of benzene rings is 4. The molecule has 0 bridgehead atoms. The summed E-state index contributed by atoms with van der Waals surface area (Å²) in [5, 5.41) is 5.66. The Labute approximate surface area is 245 Å². The van der Waals surface area contributed by atoms with Crippen molar-refractivity contribution in [3.05, 3.63) is 112 Å². The Morgan fingerprint density at radius 3 is 2.35 bits per heavy atom. The molecule has 0 aliphatic heterocycles. The molecule has 4 aromatic carbocycles. The fourth-order valence-corrected chi connectivity index (χ4v) is 4.74. The third-order valence-electron chi connectivity index (χ3n) is 6.79. The van der Waals surface area contributed by atoms with Crippen LogP contribution in [0.25, 0.3) is 33.5 Å². The molecule has 0 saturated carbocycles. The van der Waals surface area contributed by atoms with Crippen molar-refractivity contribution in [1.82, 2.24) is 9.66 Å². The number of ether oxygens (including phenoxy) is 4. The third kappa shape index (κ3) is 5.38. The fraction of sp³-hybridized carbons (Fsp3) is 0.121. The van der Waals surface area contributed by atoms with Gasteiger partial charge in [-0.3, -0.25) is 4.79 Å². The molecular formula is C33H26FN3O6. The SMILES string of the molecule is COc1cc(C=Nn2c(-c3cc4c(OC)cccc4o3)nc3ccccc3c2=O)cc(OC)c1OCc1cccc(F)c1. The van der Waals surface area contributed by atoms with Gasteiger partial charge in [0.25, 0.3) is 5.56 Å². The molecule has 0 amide bonds. The maximum atomic E-state index is 13.7. The molecule has 9 nitrogen and oxygen atoms in total. The Hall–Kier alpha value is -5.64. The van der Waals surface area contributed by atoms with E-state index >= 15 is 0 Å². The van der Waals surface area contributed by atoms with Gasteiger partial charge in [0.05, 0.1) is 43.8 Å². The Balaban J connectivity index is 1.42. The van der Waals surface area contributed by atoms with Crippen LogP contribution in [0.5, 0.6) is 23.0 Å². The highest BCUT2D eigenvalue weighted by Gasteiger charge is 2.19. The summed E-state index contributed by atoms with van der Waals surface area (Å²) in [6, 6.07) is 23.8. The first-order chi connectivity index (χ1) is 21.0. The molecule has 0 fully saturated rings. The van der Waals surface area contributed by atoms with Gasteiger partial charge in [0.15, 0.2) is 17.3 Å². The lowest BCUT2D eigenvalue weighted by Gasteiger charge is -2.15. The standard InChI is InChI=1S/C33H26FN3O6/c1-39-26-12-7-13-27-24(26)17-30(43-27)32-36-25-11-5-4-10-23(25)33(38)37(32)35-18-21-15-28(40-2)31(29(16-21)41-3)42-19-20-8-6-9-22(34)14-20/h4-18H,19H2,1-3H3. The minimum Gasteiger partial charge on any atom is -0.496 e. The highest BCUT2D eigenvalue weighted by atomic mass is 19.1.